The molecule has 0 radical (unpaired) electrons. The predicted molar refractivity (Wildman–Crippen MR) is 148 cm³/mol. The van der Waals surface area contributed by atoms with Crippen molar-refractivity contribution < 1.29 is 26.7 Å². The lowest BCUT2D eigenvalue weighted by atomic mass is 9.60. The Morgan fingerprint density at radius 1 is 0.757 bits per heavy atom. The van der Waals surface area contributed by atoms with Crippen LogP contribution < -0.4 is 0 Å². The van der Waals surface area contributed by atoms with Gasteiger partial charge in [-0.15, -0.1) is 0 Å². The Morgan fingerprint density at radius 2 is 1.24 bits per heavy atom. The van der Waals surface area contributed by atoms with Crippen molar-refractivity contribution in [2.75, 3.05) is 7.11 Å². The monoisotopic (exact) mass is 559 g/mol. The fraction of sp³-hybridized carbons (Fsp3) is 1.00. The third-order valence-corrected chi connectivity index (χ3v) is 14.9. The van der Waals surface area contributed by atoms with E-state index in [9.17, 15) is 17.2 Å². The lowest BCUT2D eigenvalue weighted by Crippen LogP contribution is -2.47. The molecule has 4 atom stereocenters. The molecule has 4 rings (SSSR count). The first kappa shape index (κ1) is 30.0. The summed E-state index contributed by atoms with van der Waals surface area (Å²) < 4.78 is 62.6. The number of hydrogen-bond acceptors (Lipinski definition) is 6. The molecule has 0 bridgehead atoms. The van der Waals surface area contributed by atoms with Crippen molar-refractivity contribution >= 4 is 20.9 Å². The number of sulfone groups is 1. The van der Waals surface area contributed by atoms with Gasteiger partial charge in [-0.3, -0.25) is 4.21 Å². The minimum Gasteiger partial charge on any atom is -0.772 e. The fourth-order valence-corrected chi connectivity index (χ4v) is 12.2. The van der Waals surface area contributed by atoms with E-state index in [-0.39, 0.29) is 12.0 Å². The van der Waals surface area contributed by atoms with E-state index in [1.54, 1.807) is 0 Å². The van der Waals surface area contributed by atoms with Crippen molar-refractivity contribution in [2.24, 2.45) is 23.2 Å². The fourth-order valence-electron chi connectivity index (χ4n) is 8.21. The van der Waals surface area contributed by atoms with E-state index >= 15 is 0 Å². The van der Waals surface area contributed by atoms with Crippen LogP contribution in [0.5, 0.6) is 0 Å². The molecule has 0 aromatic heterocycles. The number of hydrogen-bond donors (Lipinski definition) is 0. The Balaban J connectivity index is 1.23. The first-order chi connectivity index (χ1) is 17.5. The van der Waals surface area contributed by atoms with Crippen LogP contribution in [0.3, 0.4) is 0 Å². The van der Waals surface area contributed by atoms with Crippen LogP contribution >= 0.6 is 0 Å². The highest BCUT2D eigenvalue weighted by Gasteiger charge is 2.44. The van der Waals surface area contributed by atoms with Gasteiger partial charge in [0, 0.05) is 12.4 Å². The molecule has 4 unspecified atom stereocenters. The van der Waals surface area contributed by atoms with Crippen LogP contribution in [0.1, 0.15) is 117 Å². The zero-order valence-corrected chi connectivity index (χ0v) is 25.2. The number of methoxy groups -OCH3 is 1. The average molecular weight is 560 g/mol. The number of ether oxygens (including phenoxy) is 2. The maximum atomic E-state index is 13.4. The van der Waals surface area contributed by atoms with E-state index in [1.165, 1.54) is 38.5 Å². The van der Waals surface area contributed by atoms with Crippen molar-refractivity contribution in [1.29, 1.82) is 0 Å². The summed E-state index contributed by atoms with van der Waals surface area (Å²) in [6.45, 7) is 6.99. The largest absolute Gasteiger partial charge is 0.772 e. The average Bonchev–Trinajstić information content (AvgIpc) is 2.89. The number of rotatable bonds is 8. The van der Waals surface area contributed by atoms with Gasteiger partial charge in [-0.2, -0.15) is 0 Å². The highest BCUT2D eigenvalue weighted by atomic mass is 32.2. The lowest BCUT2D eigenvalue weighted by molar-refractivity contribution is -0.0669. The molecular weight excluding hydrogens is 508 g/mol. The van der Waals surface area contributed by atoms with Crippen molar-refractivity contribution in [3.63, 3.8) is 0 Å². The van der Waals surface area contributed by atoms with Crippen molar-refractivity contribution in [3.8, 4) is 0 Å². The molecule has 216 valence electrons. The second-order valence-corrected chi connectivity index (χ2v) is 17.0. The molecule has 0 spiro atoms. The molecule has 4 aliphatic carbocycles. The maximum absolute atomic E-state index is 13.4. The lowest BCUT2D eigenvalue weighted by Gasteiger charge is -2.47. The van der Waals surface area contributed by atoms with Crippen LogP contribution in [0, 0.1) is 23.2 Å². The molecule has 4 aliphatic rings. The van der Waals surface area contributed by atoms with E-state index < -0.39 is 36.7 Å². The summed E-state index contributed by atoms with van der Waals surface area (Å²) in [5.74, 6) is 1.80. The van der Waals surface area contributed by atoms with Gasteiger partial charge in [-0.25, -0.2) is 8.42 Å². The van der Waals surface area contributed by atoms with Crippen LogP contribution in [-0.4, -0.2) is 58.4 Å². The minimum absolute atomic E-state index is 0.140. The van der Waals surface area contributed by atoms with Crippen LogP contribution in [0.2, 0.25) is 0 Å². The zero-order chi connectivity index (χ0) is 26.8. The van der Waals surface area contributed by atoms with Gasteiger partial charge in [-0.05, 0) is 119 Å². The molecule has 0 amide bonds. The van der Waals surface area contributed by atoms with Crippen molar-refractivity contribution in [2.45, 2.75) is 151 Å². The van der Waals surface area contributed by atoms with Gasteiger partial charge >= 0.3 is 0 Å². The first-order valence-corrected chi connectivity index (χ1v) is 17.8. The van der Waals surface area contributed by atoms with E-state index in [4.69, 9.17) is 9.47 Å². The van der Waals surface area contributed by atoms with Gasteiger partial charge in [0.05, 0.1) is 28.8 Å². The molecular formula is C29H51O6S2-. The molecule has 0 heterocycles. The highest BCUT2D eigenvalue weighted by Crippen LogP contribution is 2.49. The zero-order valence-electron chi connectivity index (χ0n) is 23.6. The van der Waals surface area contributed by atoms with Gasteiger partial charge in [0.2, 0.25) is 0 Å². The molecule has 4 fully saturated rings. The van der Waals surface area contributed by atoms with Crippen LogP contribution in [0.25, 0.3) is 0 Å². The van der Waals surface area contributed by atoms with Crippen LogP contribution in [-0.2, 0) is 30.4 Å². The normalized spacial score (nSPS) is 41.3. The Kier molecular flexibility index (Phi) is 10.2. The predicted octanol–water partition coefficient (Wildman–Crippen LogP) is 5.96. The van der Waals surface area contributed by atoms with Crippen molar-refractivity contribution in [3.05, 3.63) is 0 Å². The SMILES string of the molecule is COC1CCC(C(C)(C)C2CCC(OC3CCC(S(=O)(=O)C4CCC(C)CC4S(=O)[O-])CC3)CC2)CC1. The van der Waals surface area contributed by atoms with Crippen LogP contribution in [0.4, 0.5) is 0 Å². The molecule has 0 saturated heterocycles. The molecule has 0 N–H and O–H groups in total. The molecule has 4 saturated carbocycles. The van der Waals surface area contributed by atoms with Gasteiger partial charge in [-0.1, -0.05) is 31.9 Å². The molecule has 0 aromatic carbocycles. The summed E-state index contributed by atoms with van der Waals surface area (Å²) in [5.41, 5.74) is 0.360. The van der Waals surface area contributed by atoms with Crippen molar-refractivity contribution in [1.82, 2.24) is 0 Å². The molecule has 6 nitrogen and oxygen atoms in total. The Hall–Kier alpha value is -0.0200. The van der Waals surface area contributed by atoms with Gasteiger partial charge in [0.25, 0.3) is 0 Å². The third-order valence-electron chi connectivity index (χ3n) is 10.9. The van der Waals surface area contributed by atoms with E-state index in [0.29, 0.717) is 43.3 Å². The molecule has 8 heteroatoms. The van der Waals surface area contributed by atoms with E-state index in [1.807, 2.05) is 14.0 Å². The van der Waals surface area contributed by atoms with Gasteiger partial charge < -0.3 is 14.0 Å². The Labute approximate surface area is 228 Å². The molecule has 0 aromatic rings. The Morgan fingerprint density at radius 3 is 1.73 bits per heavy atom. The van der Waals surface area contributed by atoms with Gasteiger partial charge in [0.15, 0.2) is 9.84 Å². The second kappa shape index (κ2) is 12.7. The van der Waals surface area contributed by atoms with E-state index in [0.717, 1.165) is 43.9 Å². The quantitative estimate of drug-likeness (QED) is 0.341. The standard InChI is InChI=1S/C29H52O6S2/c1-20-5-18-28(27(19-20)36(30)31)37(32,33)26-16-14-25(15-17-26)35-24-12-8-22(9-13-24)29(2,3)21-6-10-23(34-4)11-7-21/h20-28H,5-19H2,1-4H3,(H,30,31)/p-1. The summed E-state index contributed by atoms with van der Waals surface area (Å²) in [4.78, 5) is 0. The second-order valence-electron chi connectivity index (χ2n) is 13.4. The smallest absolute Gasteiger partial charge is 0.157 e. The van der Waals surface area contributed by atoms with E-state index in [2.05, 4.69) is 13.8 Å². The minimum atomic E-state index is -3.46. The topological polar surface area (TPSA) is 92.7 Å². The molecule has 0 aliphatic heterocycles. The third kappa shape index (κ3) is 7.01. The summed E-state index contributed by atoms with van der Waals surface area (Å²) >= 11 is -2.34. The van der Waals surface area contributed by atoms with Crippen LogP contribution in [0.15, 0.2) is 0 Å². The molecule has 37 heavy (non-hydrogen) atoms. The van der Waals surface area contributed by atoms with Gasteiger partial charge in [0.1, 0.15) is 0 Å². The summed E-state index contributed by atoms with van der Waals surface area (Å²) in [6, 6.07) is 0. The first-order valence-electron chi connectivity index (χ1n) is 15.0. The summed E-state index contributed by atoms with van der Waals surface area (Å²) in [7, 11) is -1.61. The summed E-state index contributed by atoms with van der Waals surface area (Å²) in [5, 5.41) is -1.90. The Bertz CT molecular complexity index is 850. The maximum Gasteiger partial charge on any atom is 0.157 e. The summed E-state index contributed by atoms with van der Waals surface area (Å²) in [6.07, 6.45) is 15.0. The highest BCUT2D eigenvalue weighted by molar-refractivity contribution is 7.93.